The van der Waals surface area contributed by atoms with Crippen molar-refractivity contribution >= 4 is 28.6 Å². The molecule has 2 heterocycles. The lowest BCUT2D eigenvalue weighted by Crippen LogP contribution is -2.43. The summed E-state index contributed by atoms with van der Waals surface area (Å²) in [4.78, 5) is 32.8. The van der Waals surface area contributed by atoms with Gasteiger partial charge in [0.25, 0.3) is 5.56 Å². The number of nitrogens with zero attached hydrogens (tertiary/aromatic N) is 3. The van der Waals surface area contributed by atoms with Gasteiger partial charge in [-0.1, -0.05) is 68.1 Å². The van der Waals surface area contributed by atoms with E-state index in [1.165, 1.54) is 18.2 Å². The standard InChI is InChI=1S/C24H27N3O2S/c1-17-12-18(2)14-26(13-17)22(28)16-30-24-25-21-11-7-6-10-20(21)23(29)27(24)15-19-8-4-3-5-9-19/h3-11,17-18H,12-16H2,1-2H3/t17-,18-/m1/s1. The third-order valence-electron chi connectivity index (χ3n) is 5.56. The maximum atomic E-state index is 13.2. The fraction of sp³-hybridized carbons (Fsp3) is 0.375. The maximum Gasteiger partial charge on any atom is 0.262 e. The highest BCUT2D eigenvalue weighted by molar-refractivity contribution is 7.99. The first-order valence-electron chi connectivity index (χ1n) is 10.5. The van der Waals surface area contributed by atoms with Crippen LogP contribution in [0.3, 0.4) is 0 Å². The van der Waals surface area contributed by atoms with Crippen LogP contribution in [-0.4, -0.2) is 39.2 Å². The van der Waals surface area contributed by atoms with Gasteiger partial charge in [0.2, 0.25) is 5.91 Å². The molecule has 5 nitrogen and oxygen atoms in total. The number of piperidine rings is 1. The van der Waals surface area contributed by atoms with E-state index < -0.39 is 0 Å². The molecule has 30 heavy (non-hydrogen) atoms. The number of hydrogen-bond donors (Lipinski definition) is 0. The fourth-order valence-corrected chi connectivity index (χ4v) is 5.15. The molecule has 0 N–H and O–H groups in total. The summed E-state index contributed by atoms with van der Waals surface area (Å²) in [5, 5.41) is 1.19. The first-order valence-corrected chi connectivity index (χ1v) is 11.4. The summed E-state index contributed by atoms with van der Waals surface area (Å²) in [7, 11) is 0. The van der Waals surface area contributed by atoms with Crippen LogP contribution in [0.25, 0.3) is 10.9 Å². The van der Waals surface area contributed by atoms with Crippen molar-refractivity contribution in [2.24, 2.45) is 11.8 Å². The molecule has 0 saturated carbocycles. The molecule has 4 rings (SSSR count). The molecule has 1 aromatic heterocycles. The number of fused-ring (bicyclic) bond motifs is 1. The zero-order valence-corrected chi connectivity index (χ0v) is 18.3. The molecule has 0 aliphatic carbocycles. The number of thioether (sulfide) groups is 1. The Hall–Kier alpha value is -2.60. The molecule has 156 valence electrons. The third-order valence-corrected chi connectivity index (χ3v) is 6.52. The normalized spacial score (nSPS) is 19.2. The molecular formula is C24H27N3O2S. The van der Waals surface area contributed by atoms with E-state index in [2.05, 4.69) is 13.8 Å². The summed E-state index contributed by atoms with van der Waals surface area (Å²) in [6.45, 7) is 6.46. The van der Waals surface area contributed by atoms with Gasteiger partial charge in [0.1, 0.15) is 0 Å². The van der Waals surface area contributed by atoms with Crippen LogP contribution in [0.4, 0.5) is 0 Å². The second-order valence-corrected chi connectivity index (χ2v) is 9.26. The van der Waals surface area contributed by atoms with Crippen LogP contribution >= 0.6 is 11.8 Å². The quantitative estimate of drug-likeness (QED) is 0.461. The second-order valence-electron chi connectivity index (χ2n) is 8.32. The Morgan fingerprint density at radius 2 is 1.70 bits per heavy atom. The van der Waals surface area contributed by atoms with E-state index in [0.29, 0.717) is 40.2 Å². The monoisotopic (exact) mass is 421 g/mol. The SMILES string of the molecule is C[C@@H]1C[C@@H](C)CN(C(=O)CSc2nc3ccccc3c(=O)n2Cc2ccccc2)C1. The van der Waals surface area contributed by atoms with Gasteiger partial charge in [0.05, 0.1) is 23.2 Å². The number of benzene rings is 2. The van der Waals surface area contributed by atoms with E-state index in [1.54, 1.807) is 4.57 Å². The van der Waals surface area contributed by atoms with Crippen LogP contribution in [0, 0.1) is 11.8 Å². The van der Waals surface area contributed by atoms with Crippen molar-refractivity contribution in [2.45, 2.75) is 32.0 Å². The molecule has 0 spiro atoms. The molecule has 1 aliphatic heterocycles. The van der Waals surface area contributed by atoms with E-state index in [9.17, 15) is 9.59 Å². The molecule has 1 amide bonds. The van der Waals surface area contributed by atoms with Crippen molar-refractivity contribution in [1.82, 2.24) is 14.5 Å². The van der Waals surface area contributed by atoms with Gasteiger partial charge in [0.15, 0.2) is 5.16 Å². The Bertz CT molecular complexity index is 1090. The van der Waals surface area contributed by atoms with Crippen LogP contribution in [-0.2, 0) is 11.3 Å². The minimum absolute atomic E-state index is 0.0698. The van der Waals surface area contributed by atoms with Gasteiger partial charge in [-0.25, -0.2) is 4.98 Å². The number of carbonyl (C=O) groups is 1. The average molecular weight is 422 g/mol. The molecule has 0 radical (unpaired) electrons. The van der Waals surface area contributed by atoms with Gasteiger partial charge < -0.3 is 4.90 Å². The van der Waals surface area contributed by atoms with Crippen LogP contribution in [0.2, 0.25) is 0 Å². The topological polar surface area (TPSA) is 55.2 Å². The first-order chi connectivity index (χ1) is 14.5. The lowest BCUT2D eigenvalue weighted by Gasteiger charge is -2.35. The molecule has 0 bridgehead atoms. The summed E-state index contributed by atoms with van der Waals surface area (Å²) in [5.74, 6) is 1.46. The lowest BCUT2D eigenvalue weighted by molar-refractivity contribution is -0.130. The van der Waals surface area contributed by atoms with Crippen molar-refractivity contribution in [1.29, 1.82) is 0 Å². The molecule has 3 aromatic rings. The van der Waals surface area contributed by atoms with Crippen molar-refractivity contribution in [3.05, 3.63) is 70.5 Å². The zero-order valence-electron chi connectivity index (χ0n) is 17.5. The van der Waals surface area contributed by atoms with Crippen LogP contribution < -0.4 is 5.56 Å². The van der Waals surface area contributed by atoms with Gasteiger partial charge >= 0.3 is 0 Å². The Labute approximate surface area is 181 Å². The van der Waals surface area contributed by atoms with Gasteiger partial charge in [-0.05, 0) is 36.0 Å². The second kappa shape index (κ2) is 9.04. The molecule has 2 atom stereocenters. The maximum absolute atomic E-state index is 13.2. The molecule has 1 saturated heterocycles. The highest BCUT2D eigenvalue weighted by atomic mass is 32.2. The number of aromatic nitrogens is 2. The van der Waals surface area contributed by atoms with Gasteiger partial charge in [-0.15, -0.1) is 0 Å². The third kappa shape index (κ3) is 4.59. The minimum atomic E-state index is -0.0698. The Balaban J connectivity index is 1.61. The molecule has 1 aliphatic rings. The molecule has 0 unspecified atom stereocenters. The number of para-hydroxylation sites is 1. The van der Waals surface area contributed by atoms with Gasteiger partial charge in [0, 0.05) is 13.1 Å². The van der Waals surface area contributed by atoms with Crippen molar-refractivity contribution in [2.75, 3.05) is 18.8 Å². The summed E-state index contributed by atoms with van der Waals surface area (Å²) in [6, 6.07) is 17.3. The largest absolute Gasteiger partial charge is 0.341 e. The summed E-state index contributed by atoms with van der Waals surface area (Å²) >= 11 is 1.36. The highest BCUT2D eigenvalue weighted by Crippen LogP contribution is 2.24. The summed E-state index contributed by atoms with van der Waals surface area (Å²) < 4.78 is 1.69. The molecule has 2 aromatic carbocycles. The molecular weight excluding hydrogens is 394 g/mol. The fourth-order valence-electron chi connectivity index (χ4n) is 4.25. The van der Waals surface area contributed by atoms with E-state index in [0.717, 1.165) is 18.7 Å². The van der Waals surface area contributed by atoms with E-state index >= 15 is 0 Å². The number of hydrogen-bond acceptors (Lipinski definition) is 4. The Morgan fingerprint density at radius 3 is 2.43 bits per heavy atom. The number of rotatable bonds is 5. The van der Waals surface area contributed by atoms with Crippen molar-refractivity contribution in [3.8, 4) is 0 Å². The predicted molar refractivity (Wildman–Crippen MR) is 122 cm³/mol. The van der Waals surface area contributed by atoms with Crippen molar-refractivity contribution < 1.29 is 4.79 Å². The van der Waals surface area contributed by atoms with Gasteiger partial charge in [-0.2, -0.15) is 0 Å². The zero-order chi connectivity index (χ0) is 21.1. The van der Waals surface area contributed by atoms with Crippen LogP contribution in [0.5, 0.6) is 0 Å². The molecule has 6 heteroatoms. The van der Waals surface area contributed by atoms with Crippen LogP contribution in [0.1, 0.15) is 25.8 Å². The Morgan fingerprint density at radius 1 is 1.03 bits per heavy atom. The van der Waals surface area contributed by atoms with E-state index in [4.69, 9.17) is 4.98 Å². The highest BCUT2D eigenvalue weighted by Gasteiger charge is 2.25. The Kier molecular flexibility index (Phi) is 6.23. The minimum Gasteiger partial charge on any atom is -0.341 e. The smallest absolute Gasteiger partial charge is 0.262 e. The summed E-state index contributed by atoms with van der Waals surface area (Å²) in [5.41, 5.74) is 1.63. The lowest BCUT2D eigenvalue weighted by atomic mass is 9.92. The van der Waals surface area contributed by atoms with Crippen molar-refractivity contribution in [3.63, 3.8) is 0 Å². The summed E-state index contributed by atoms with van der Waals surface area (Å²) in [6.07, 6.45) is 1.17. The van der Waals surface area contributed by atoms with Crippen LogP contribution in [0.15, 0.2) is 64.5 Å². The number of amides is 1. The average Bonchev–Trinajstić information content (AvgIpc) is 2.74. The predicted octanol–water partition coefficient (Wildman–Crippen LogP) is 4.04. The number of likely N-dealkylation sites (tertiary alicyclic amines) is 1. The first kappa shape index (κ1) is 20.7. The molecule has 1 fully saturated rings. The van der Waals surface area contributed by atoms with Gasteiger partial charge in [-0.3, -0.25) is 14.2 Å². The van der Waals surface area contributed by atoms with E-state index in [-0.39, 0.29) is 11.5 Å². The van der Waals surface area contributed by atoms with E-state index in [1.807, 2.05) is 59.5 Å². The number of carbonyl (C=O) groups excluding carboxylic acids is 1.